The maximum absolute atomic E-state index is 12.6. The van der Waals surface area contributed by atoms with Crippen molar-refractivity contribution >= 4 is 21.9 Å². The van der Waals surface area contributed by atoms with Gasteiger partial charge < -0.3 is 9.64 Å². The van der Waals surface area contributed by atoms with E-state index >= 15 is 0 Å². The molecule has 0 bridgehead atoms. The molecule has 0 N–H and O–H groups in total. The highest BCUT2D eigenvalue weighted by Gasteiger charge is 2.22. The van der Waals surface area contributed by atoms with E-state index in [1.807, 2.05) is 44.2 Å². The summed E-state index contributed by atoms with van der Waals surface area (Å²) in [6, 6.07) is 15.0. The summed E-state index contributed by atoms with van der Waals surface area (Å²) < 4.78 is 30.7. The Morgan fingerprint density at radius 2 is 1.66 bits per heavy atom. The van der Waals surface area contributed by atoms with E-state index in [4.69, 9.17) is 4.74 Å². The van der Waals surface area contributed by atoms with Crippen LogP contribution in [0.2, 0.25) is 0 Å². The number of hydrogen-bond acceptors (Lipinski definition) is 5. The zero-order valence-corrected chi connectivity index (χ0v) is 17.8. The molecule has 156 valence electrons. The highest BCUT2D eigenvalue weighted by Crippen LogP contribution is 2.16. The van der Waals surface area contributed by atoms with E-state index in [1.165, 1.54) is 38.4 Å². The second kappa shape index (κ2) is 9.67. The third-order valence-corrected chi connectivity index (χ3v) is 6.13. The van der Waals surface area contributed by atoms with Crippen molar-refractivity contribution in [1.82, 2.24) is 9.21 Å². The first-order chi connectivity index (χ1) is 13.6. The predicted octanol–water partition coefficient (Wildman–Crippen LogP) is 2.53. The fraction of sp³-hybridized carbons (Fsp3) is 0.333. The lowest BCUT2D eigenvalue weighted by Gasteiger charge is -2.26. The highest BCUT2D eigenvalue weighted by atomic mass is 32.2. The van der Waals surface area contributed by atoms with Gasteiger partial charge in [-0.2, -0.15) is 0 Å². The quantitative estimate of drug-likeness (QED) is 0.615. The molecule has 8 heteroatoms. The molecule has 0 aromatic heterocycles. The minimum absolute atomic E-state index is 0.0174. The van der Waals surface area contributed by atoms with Gasteiger partial charge in [-0.15, -0.1) is 0 Å². The number of carbonyl (C=O) groups is 2. The summed E-state index contributed by atoms with van der Waals surface area (Å²) in [5.74, 6) is -1.08. The van der Waals surface area contributed by atoms with E-state index in [-0.39, 0.29) is 22.4 Å². The Balaban J connectivity index is 2.06. The third kappa shape index (κ3) is 5.88. The molecule has 0 fully saturated rings. The molecule has 2 aromatic carbocycles. The van der Waals surface area contributed by atoms with E-state index < -0.39 is 22.6 Å². The van der Waals surface area contributed by atoms with Gasteiger partial charge in [0.2, 0.25) is 10.0 Å². The van der Waals surface area contributed by atoms with Crippen molar-refractivity contribution in [2.24, 2.45) is 0 Å². The monoisotopic (exact) mass is 418 g/mol. The van der Waals surface area contributed by atoms with Gasteiger partial charge in [-0.3, -0.25) is 4.79 Å². The minimum atomic E-state index is -3.67. The van der Waals surface area contributed by atoms with E-state index in [0.29, 0.717) is 6.54 Å². The van der Waals surface area contributed by atoms with Crippen LogP contribution in [0, 0.1) is 0 Å². The average molecular weight is 419 g/mol. The molecule has 0 radical (unpaired) electrons. The molecule has 0 heterocycles. The van der Waals surface area contributed by atoms with Gasteiger partial charge in [-0.1, -0.05) is 36.4 Å². The van der Waals surface area contributed by atoms with Gasteiger partial charge in [0.05, 0.1) is 10.5 Å². The van der Waals surface area contributed by atoms with Crippen LogP contribution < -0.4 is 0 Å². The number of esters is 1. The Labute approximate surface area is 171 Å². The van der Waals surface area contributed by atoms with E-state index in [2.05, 4.69) is 0 Å². The van der Waals surface area contributed by atoms with Gasteiger partial charge >= 0.3 is 5.97 Å². The first-order valence-corrected chi connectivity index (χ1v) is 10.6. The number of nitrogens with zero attached hydrogens (tertiary/aromatic N) is 2. The van der Waals surface area contributed by atoms with Crippen LogP contribution in [-0.4, -0.2) is 56.2 Å². The summed E-state index contributed by atoms with van der Waals surface area (Å²) in [4.78, 5) is 26.5. The summed E-state index contributed by atoms with van der Waals surface area (Å²) in [7, 11) is -0.855. The van der Waals surface area contributed by atoms with Crippen molar-refractivity contribution < 1.29 is 22.7 Å². The number of ether oxygens (including phenoxy) is 1. The van der Waals surface area contributed by atoms with Crippen LogP contribution in [-0.2, 0) is 26.1 Å². The second-order valence-electron chi connectivity index (χ2n) is 6.99. The molecule has 2 rings (SSSR count). The third-order valence-electron chi connectivity index (χ3n) is 4.31. The molecule has 1 amide bonds. The summed E-state index contributed by atoms with van der Waals surface area (Å²) in [6.45, 7) is 3.76. The fourth-order valence-electron chi connectivity index (χ4n) is 2.63. The van der Waals surface area contributed by atoms with Gasteiger partial charge in [0.1, 0.15) is 0 Å². The van der Waals surface area contributed by atoms with Crippen molar-refractivity contribution in [3.63, 3.8) is 0 Å². The van der Waals surface area contributed by atoms with Crippen LogP contribution in [0.25, 0.3) is 0 Å². The summed E-state index contributed by atoms with van der Waals surface area (Å²) in [5, 5.41) is 0. The SMILES string of the molecule is CC(C)N(Cc1ccccc1)C(=O)COC(=O)c1cccc(S(=O)(=O)N(C)C)c1. The topological polar surface area (TPSA) is 84.0 Å². The molecule has 0 saturated carbocycles. The maximum Gasteiger partial charge on any atom is 0.338 e. The molecule has 0 saturated heterocycles. The second-order valence-corrected chi connectivity index (χ2v) is 9.14. The van der Waals surface area contributed by atoms with E-state index in [1.54, 1.807) is 4.90 Å². The average Bonchev–Trinajstić information content (AvgIpc) is 2.70. The Hall–Kier alpha value is -2.71. The van der Waals surface area contributed by atoms with Crippen molar-refractivity contribution in [3.05, 3.63) is 65.7 Å². The lowest BCUT2D eigenvalue weighted by atomic mass is 10.2. The zero-order valence-electron chi connectivity index (χ0n) is 17.0. The molecule has 0 aliphatic rings. The molecular formula is C21H26N2O5S. The standard InChI is InChI=1S/C21H26N2O5S/c1-16(2)23(14-17-9-6-5-7-10-17)20(24)15-28-21(25)18-11-8-12-19(13-18)29(26,27)22(3)4/h5-13,16H,14-15H2,1-4H3. The number of rotatable bonds is 8. The first-order valence-electron chi connectivity index (χ1n) is 9.16. The van der Waals surface area contributed by atoms with Gasteiger partial charge in [-0.25, -0.2) is 17.5 Å². The fourth-order valence-corrected chi connectivity index (χ4v) is 3.57. The van der Waals surface area contributed by atoms with Gasteiger partial charge in [0.15, 0.2) is 6.61 Å². The van der Waals surface area contributed by atoms with E-state index in [9.17, 15) is 18.0 Å². The number of carbonyl (C=O) groups excluding carboxylic acids is 2. The molecule has 0 unspecified atom stereocenters. The number of sulfonamides is 1. The molecule has 0 aliphatic heterocycles. The summed E-state index contributed by atoms with van der Waals surface area (Å²) >= 11 is 0. The van der Waals surface area contributed by atoms with Crippen LogP contribution in [0.1, 0.15) is 29.8 Å². The highest BCUT2D eigenvalue weighted by molar-refractivity contribution is 7.89. The van der Waals surface area contributed by atoms with Crippen LogP contribution in [0.4, 0.5) is 0 Å². The first kappa shape index (κ1) is 22.6. The van der Waals surface area contributed by atoms with Crippen LogP contribution >= 0.6 is 0 Å². The minimum Gasteiger partial charge on any atom is -0.452 e. The zero-order chi connectivity index (χ0) is 21.6. The predicted molar refractivity (Wildman–Crippen MR) is 110 cm³/mol. The number of hydrogen-bond donors (Lipinski definition) is 0. The van der Waals surface area contributed by atoms with E-state index in [0.717, 1.165) is 9.87 Å². The maximum atomic E-state index is 12.6. The molecule has 0 spiro atoms. The Bertz CT molecular complexity index is 956. The van der Waals surface area contributed by atoms with Gasteiger partial charge in [0, 0.05) is 26.7 Å². The smallest absolute Gasteiger partial charge is 0.338 e. The molecule has 7 nitrogen and oxygen atoms in total. The van der Waals surface area contributed by atoms with Crippen molar-refractivity contribution in [1.29, 1.82) is 0 Å². The molecule has 0 aliphatic carbocycles. The van der Waals surface area contributed by atoms with Crippen LogP contribution in [0.15, 0.2) is 59.5 Å². The number of amides is 1. The Morgan fingerprint density at radius 3 is 2.24 bits per heavy atom. The molecular weight excluding hydrogens is 392 g/mol. The van der Waals surface area contributed by atoms with Crippen molar-refractivity contribution in [2.45, 2.75) is 31.3 Å². The molecule has 0 atom stereocenters. The Morgan fingerprint density at radius 1 is 1.00 bits per heavy atom. The molecule has 29 heavy (non-hydrogen) atoms. The lowest BCUT2D eigenvalue weighted by molar-refractivity contribution is -0.136. The molecule has 2 aromatic rings. The van der Waals surface area contributed by atoms with Gasteiger partial charge in [0.25, 0.3) is 5.91 Å². The number of benzene rings is 2. The summed E-state index contributed by atoms with van der Waals surface area (Å²) in [6.07, 6.45) is 0. The van der Waals surface area contributed by atoms with Crippen LogP contribution in [0.3, 0.4) is 0 Å². The van der Waals surface area contributed by atoms with Gasteiger partial charge in [-0.05, 0) is 37.6 Å². The summed E-state index contributed by atoms with van der Waals surface area (Å²) in [5.41, 5.74) is 1.04. The Kier molecular flexibility index (Phi) is 7.53. The normalized spacial score (nSPS) is 11.5. The van der Waals surface area contributed by atoms with Crippen molar-refractivity contribution in [3.8, 4) is 0 Å². The van der Waals surface area contributed by atoms with Crippen molar-refractivity contribution in [2.75, 3.05) is 20.7 Å². The van der Waals surface area contributed by atoms with Crippen LogP contribution in [0.5, 0.6) is 0 Å². The lowest BCUT2D eigenvalue weighted by Crippen LogP contribution is -2.39. The largest absolute Gasteiger partial charge is 0.452 e.